The first kappa shape index (κ1) is 19.0. The first-order valence-corrected chi connectivity index (χ1v) is 10.5. The van der Waals surface area contributed by atoms with Crippen molar-refractivity contribution < 1.29 is 32.0 Å². The zero-order valence-corrected chi connectivity index (χ0v) is 16.2. The van der Waals surface area contributed by atoms with Gasteiger partial charge in [-0.3, -0.25) is 0 Å². The van der Waals surface area contributed by atoms with E-state index in [1.54, 1.807) is 12.1 Å². The maximum absolute atomic E-state index is 12.5. The number of para-hydroxylation sites is 1. The second-order valence-corrected chi connectivity index (χ2v) is 8.58. The van der Waals surface area contributed by atoms with Gasteiger partial charge in [0.2, 0.25) is 0 Å². The number of benzene rings is 2. The fourth-order valence-electron chi connectivity index (χ4n) is 3.66. The number of ether oxygens (including phenoxy) is 2. The van der Waals surface area contributed by atoms with Gasteiger partial charge >= 0.3 is 22.4 Å². The van der Waals surface area contributed by atoms with E-state index >= 15 is 0 Å². The van der Waals surface area contributed by atoms with Crippen molar-refractivity contribution in [1.29, 1.82) is 0 Å². The molecule has 1 heterocycles. The van der Waals surface area contributed by atoms with E-state index in [0.29, 0.717) is 5.75 Å². The molecule has 1 aliphatic carbocycles. The summed E-state index contributed by atoms with van der Waals surface area (Å²) in [5, 5.41) is 9.36. The van der Waals surface area contributed by atoms with E-state index < -0.39 is 22.4 Å². The maximum Gasteiger partial charge on any atom is 0.375 e. The molecule has 0 aromatic heterocycles. The summed E-state index contributed by atoms with van der Waals surface area (Å²) in [6.07, 6.45) is 0.920. The molecule has 0 radical (unpaired) electrons. The molecule has 0 saturated heterocycles. The molecule has 0 amide bonds. The van der Waals surface area contributed by atoms with Crippen molar-refractivity contribution in [3.8, 4) is 11.5 Å². The minimum atomic E-state index is -4.46. The molecule has 2 aromatic carbocycles. The molecular formula is C19H17ClO7S. The maximum atomic E-state index is 12.5. The van der Waals surface area contributed by atoms with E-state index in [9.17, 15) is 18.3 Å². The van der Waals surface area contributed by atoms with Gasteiger partial charge in [0, 0.05) is 11.5 Å². The molecule has 0 bridgehead atoms. The van der Waals surface area contributed by atoms with Gasteiger partial charge in [-0.15, -0.1) is 0 Å². The normalized spacial score (nSPS) is 21.5. The number of hydrogen-bond acceptors (Lipinski definition) is 6. The Bertz CT molecular complexity index is 1020. The quantitative estimate of drug-likeness (QED) is 0.559. The molecule has 28 heavy (non-hydrogen) atoms. The summed E-state index contributed by atoms with van der Waals surface area (Å²) in [6.45, 7) is 0. The van der Waals surface area contributed by atoms with E-state index in [2.05, 4.69) is 0 Å². The summed E-state index contributed by atoms with van der Waals surface area (Å²) >= 11 is 5.90. The number of rotatable bonds is 6. The second-order valence-electron chi connectivity index (χ2n) is 6.64. The van der Waals surface area contributed by atoms with Gasteiger partial charge in [-0.05, 0) is 37.5 Å². The van der Waals surface area contributed by atoms with Crippen LogP contribution in [0.2, 0.25) is 5.02 Å². The monoisotopic (exact) mass is 424 g/mol. The molecule has 148 valence electrons. The molecule has 1 saturated carbocycles. The Kier molecular flexibility index (Phi) is 4.95. The van der Waals surface area contributed by atoms with Gasteiger partial charge in [0.05, 0.1) is 5.02 Å². The van der Waals surface area contributed by atoms with Crippen LogP contribution < -0.4 is 9.47 Å². The van der Waals surface area contributed by atoms with Crippen molar-refractivity contribution in [3.63, 3.8) is 0 Å². The molecule has 7 nitrogen and oxygen atoms in total. The van der Waals surface area contributed by atoms with E-state index in [1.165, 1.54) is 24.3 Å². The second kappa shape index (κ2) is 7.27. The summed E-state index contributed by atoms with van der Waals surface area (Å²) in [6, 6.07) is 10.8. The highest BCUT2D eigenvalue weighted by atomic mass is 35.5. The molecule has 1 fully saturated rings. The van der Waals surface area contributed by atoms with Gasteiger partial charge in [-0.2, -0.15) is 8.42 Å². The van der Waals surface area contributed by atoms with Gasteiger partial charge in [0.25, 0.3) is 0 Å². The van der Waals surface area contributed by atoms with Crippen LogP contribution in [0.3, 0.4) is 0 Å². The lowest BCUT2D eigenvalue weighted by molar-refractivity contribution is -0.158. The molecule has 0 spiro atoms. The number of carboxylic acid groups (broad SMARTS) is 1. The lowest BCUT2D eigenvalue weighted by atomic mass is 9.97. The Morgan fingerprint density at radius 3 is 2.71 bits per heavy atom. The Balaban J connectivity index is 1.60. The van der Waals surface area contributed by atoms with Crippen LogP contribution in [-0.2, 0) is 19.1 Å². The summed E-state index contributed by atoms with van der Waals surface area (Å²) in [5.74, 6) is -0.767. The molecule has 3 atom stereocenters. The van der Waals surface area contributed by atoms with Crippen LogP contribution in [0.25, 0.3) is 0 Å². The Labute approximate surface area is 166 Å². The number of halogens is 1. The fourth-order valence-corrected chi connectivity index (χ4v) is 5.09. The number of fused-ring (bicyclic) bond motifs is 3. The smallest absolute Gasteiger partial charge is 0.375 e. The van der Waals surface area contributed by atoms with Crippen LogP contribution in [0, 0.1) is 0 Å². The summed E-state index contributed by atoms with van der Waals surface area (Å²) in [7, 11) is -4.46. The third-order valence-corrected chi connectivity index (χ3v) is 6.65. The van der Waals surface area contributed by atoms with Gasteiger partial charge in [0.1, 0.15) is 11.0 Å². The third-order valence-electron chi connectivity index (χ3n) is 4.89. The van der Waals surface area contributed by atoms with Gasteiger partial charge in [-0.1, -0.05) is 35.9 Å². The largest absolute Gasteiger partial charge is 0.486 e. The lowest BCUT2D eigenvalue weighted by Gasteiger charge is -2.18. The number of hydrogen-bond donors (Lipinski definition) is 1. The first-order chi connectivity index (χ1) is 13.4. The highest BCUT2D eigenvalue weighted by molar-refractivity contribution is 7.87. The zero-order valence-electron chi connectivity index (χ0n) is 14.6. The average Bonchev–Trinajstić information content (AvgIpc) is 3.23. The highest BCUT2D eigenvalue weighted by Crippen LogP contribution is 2.50. The Morgan fingerprint density at radius 1 is 1.18 bits per heavy atom. The topological polar surface area (TPSA) is 99.1 Å². The van der Waals surface area contributed by atoms with Crippen LogP contribution in [0.4, 0.5) is 0 Å². The fraction of sp³-hybridized carbons (Fsp3) is 0.316. The molecule has 2 aromatic rings. The molecule has 1 N–H and O–H groups in total. The van der Waals surface area contributed by atoms with Crippen molar-refractivity contribution >= 4 is 27.7 Å². The predicted molar refractivity (Wildman–Crippen MR) is 99.2 cm³/mol. The zero-order chi connectivity index (χ0) is 19.9. The van der Waals surface area contributed by atoms with Crippen molar-refractivity contribution in [2.24, 2.45) is 0 Å². The minimum absolute atomic E-state index is 0.0378. The van der Waals surface area contributed by atoms with Crippen LogP contribution in [0.15, 0.2) is 47.4 Å². The average molecular weight is 425 g/mol. The van der Waals surface area contributed by atoms with Crippen molar-refractivity contribution in [2.75, 3.05) is 0 Å². The summed E-state index contributed by atoms with van der Waals surface area (Å²) in [4.78, 5) is 11.3. The van der Waals surface area contributed by atoms with Crippen LogP contribution >= 0.6 is 11.6 Å². The van der Waals surface area contributed by atoms with Gasteiger partial charge in [0.15, 0.2) is 11.5 Å². The van der Waals surface area contributed by atoms with Crippen LogP contribution in [0.1, 0.15) is 30.7 Å². The summed E-state index contributed by atoms with van der Waals surface area (Å²) in [5.41, 5.74) is 0.943. The van der Waals surface area contributed by atoms with Crippen LogP contribution in [-0.4, -0.2) is 31.9 Å². The predicted octanol–water partition coefficient (Wildman–Crippen LogP) is 3.56. The molecular weight excluding hydrogens is 408 g/mol. The molecule has 3 unspecified atom stereocenters. The third kappa shape index (κ3) is 3.43. The van der Waals surface area contributed by atoms with Crippen molar-refractivity contribution in [1.82, 2.24) is 0 Å². The number of aliphatic carboxylic acids is 1. The number of carbonyl (C=O) groups is 1. The Morgan fingerprint density at radius 2 is 1.96 bits per heavy atom. The van der Waals surface area contributed by atoms with E-state index in [0.717, 1.165) is 24.8 Å². The SMILES string of the molecule is O=C(O)C(Oc1cccc2c1OC1CCCC21)OS(=O)(=O)c1ccccc1Cl. The number of carboxylic acids is 1. The molecule has 2 aliphatic rings. The van der Waals surface area contributed by atoms with Crippen molar-refractivity contribution in [3.05, 3.63) is 53.1 Å². The van der Waals surface area contributed by atoms with Crippen LogP contribution in [0.5, 0.6) is 11.5 Å². The van der Waals surface area contributed by atoms with E-state index in [4.69, 9.17) is 25.3 Å². The summed E-state index contributed by atoms with van der Waals surface area (Å²) < 4.78 is 41.1. The highest BCUT2D eigenvalue weighted by Gasteiger charge is 2.40. The van der Waals surface area contributed by atoms with Crippen molar-refractivity contribution in [2.45, 2.75) is 42.5 Å². The Hall–Kier alpha value is -2.29. The van der Waals surface area contributed by atoms with E-state index in [1.807, 2.05) is 6.07 Å². The van der Waals surface area contributed by atoms with E-state index in [-0.39, 0.29) is 27.7 Å². The molecule has 1 aliphatic heterocycles. The minimum Gasteiger partial charge on any atom is -0.486 e. The van der Waals surface area contributed by atoms with Gasteiger partial charge in [-0.25, -0.2) is 8.98 Å². The lowest BCUT2D eigenvalue weighted by Crippen LogP contribution is -2.32. The standard InChI is InChI=1S/C19H17ClO7S/c20-13-7-1-2-10-16(13)28(23,24)27-19(18(21)22)26-15-9-4-6-12-11-5-3-8-14(11)25-17(12)15/h1-2,4,6-7,9-11,14,19H,3,5,8H2,(H,21,22). The van der Waals surface area contributed by atoms with Gasteiger partial charge < -0.3 is 14.6 Å². The first-order valence-electron chi connectivity index (χ1n) is 8.73. The molecule has 9 heteroatoms. The molecule has 4 rings (SSSR count).